The lowest BCUT2D eigenvalue weighted by atomic mass is 10.2. The summed E-state index contributed by atoms with van der Waals surface area (Å²) in [5.74, 6) is 1.67. The molecule has 4 aromatic rings. The molecule has 4 N–H and O–H groups in total. The highest BCUT2D eigenvalue weighted by Gasteiger charge is 2.08. The van der Waals surface area contributed by atoms with Crippen LogP contribution in [0.4, 0.5) is 17.2 Å². The Morgan fingerprint density at radius 1 is 0.839 bits per heavy atom. The molecule has 0 aliphatic carbocycles. The second-order valence-corrected chi connectivity index (χ2v) is 6.50. The Morgan fingerprint density at radius 3 is 2.23 bits per heavy atom. The zero-order valence-corrected chi connectivity index (χ0v) is 16.2. The van der Waals surface area contributed by atoms with E-state index in [4.69, 9.17) is 15.2 Å². The molecule has 0 saturated heterocycles. The summed E-state index contributed by atoms with van der Waals surface area (Å²) in [6, 6.07) is 22.7. The fourth-order valence-corrected chi connectivity index (χ4v) is 2.78. The van der Waals surface area contributed by atoms with Crippen molar-refractivity contribution in [3.8, 4) is 23.1 Å². The van der Waals surface area contributed by atoms with Crippen LogP contribution in [0.15, 0.2) is 85.2 Å². The Balaban J connectivity index is 1.45. The minimum Gasteiger partial charge on any atom is -0.478 e. The molecule has 0 bridgehead atoms. The fraction of sp³-hybridized carbons (Fsp3) is 0. The zero-order chi connectivity index (χ0) is 21.6. The number of anilines is 3. The molecule has 8 nitrogen and oxygen atoms in total. The maximum atomic E-state index is 11.2. The summed E-state index contributed by atoms with van der Waals surface area (Å²) in [4.78, 5) is 19.4. The van der Waals surface area contributed by atoms with Crippen molar-refractivity contribution in [2.24, 2.45) is 0 Å². The van der Waals surface area contributed by atoms with Crippen LogP contribution >= 0.6 is 0 Å². The van der Waals surface area contributed by atoms with Gasteiger partial charge in [0.2, 0.25) is 5.88 Å². The van der Waals surface area contributed by atoms with Gasteiger partial charge >= 0.3 is 5.97 Å². The molecule has 0 aliphatic rings. The summed E-state index contributed by atoms with van der Waals surface area (Å²) < 4.78 is 11.5. The van der Waals surface area contributed by atoms with Crippen LogP contribution < -0.4 is 20.5 Å². The lowest BCUT2D eigenvalue weighted by molar-refractivity contribution is 0.0697. The zero-order valence-electron chi connectivity index (χ0n) is 16.2. The van der Waals surface area contributed by atoms with Gasteiger partial charge in [-0.1, -0.05) is 18.2 Å². The van der Waals surface area contributed by atoms with Crippen LogP contribution in [-0.2, 0) is 0 Å². The summed E-state index contributed by atoms with van der Waals surface area (Å²) in [7, 11) is 0. The van der Waals surface area contributed by atoms with Crippen LogP contribution in [0.1, 0.15) is 10.4 Å². The maximum Gasteiger partial charge on any atom is 0.335 e. The average Bonchev–Trinajstić information content (AvgIpc) is 2.76. The number of aromatic carboxylic acids is 1. The number of nitrogens with two attached hydrogens (primary N) is 1. The van der Waals surface area contributed by atoms with Crippen LogP contribution in [-0.4, -0.2) is 21.0 Å². The normalized spacial score (nSPS) is 10.3. The number of rotatable bonds is 7. The Hall–Kier alpha value is -4.59. The average molecular weight is 414 g/mol. The molecular weight excluding hydrogens is 396 g/mol. The van der Waals surface area contributed by atoms with Crippen molar-refractivity contribution in [2.75, 3.05) is 11.1 Å². The number of nitrogens with zero attached hydrogens (tertiary/aromatic N) is 2. The van der Waals surface area contributed by atoms with E-state index in [2.05, 4.69) is 15.3 Å². The molecule has 1 heterocycles. The molecule has 31 heavy (non-hydrogen) atoms. The first-order valence-electron chi connectivity index (χ1n) is 9.29. The quantitative estimate of drug-likeness (QED) is 0.358. The van der Waals surface area contributed by atoms with E-state index in [9.17, 15) is 9.90 Å². The smallest absolute Gasteiger partial charge is 0.335 e. The molecule has 3 aromatic carbocycles. The van der Waals surface area contributed by atoms with Gasteiger partial charge in [0.1, 0.15) is 29.4 Å². The van der Waals surface area contributed by atoms with Gasteiger partial charge in [0, 0.05) is 17.4 Å². The Labute approximate surface area is 177 Å². The van der Waals surface area contributed by atoms with E-state index < -0.39 is 5.97 Å². The number of carboxylic acid groups (broad SMARTS) is 1. The van der Waals surface area contributed by atoms with Crippen molar-refractivity contribution in [3.05, 3.63) is 90.8 Å². The highest BCUT2D eigenvalue weighted by molar-refractivity contribution is 5.90. The summed E-state index contributed by atoms with van der Waals surface area (Å²) in [6.07, 6.45) is 1.34. The topological polar surface area (TPSA) is 120 Å². The Bertz CT molecular complexity index is 1200. The molecule has 0 fully saturated rings. The molecular formula is C23H18N4O4. The van der Waals surface area contributed by atoms with E-state index in [1.165, 1.54) is 18.5 Å². The molecule has 0 unspecified atom stereocenters. The maximum absolute atomic E-state index is 11.2. The van der Waals surface area contributed by atoms with E-state index >= 15 is 0 Å². The lowest BCUT2D eigenvalue weighted by Crippen LogP contribution is -2.01. The van der Waals surface area contributed by atoms with Crippen molar-refractivity contribution in [1.29, 1.82) is 0 Å². The predicted molar refractivity (Wildman–Crippen MR) is 116 cm³/mol. The van der Waals surface area contributed by atoms with E-state index in [1.807, 2.05) is 30.3 Å². The number of ether oxygens (including phenoxy) is 2. The number of nitrogen functional groups attached to an aromatic ring is 1. The van der Waals surface area contributed by atoms with Crippen molar-refractivity contribution >= 4 is 23.2 Å². The highest BCUT2D eigenvalue weighted by atomic mass is 16.5. The largest absolute Gasteiger partial charge is 0.478 e. The number of hydrogen-bond donors (Lipinski definition) is 3. The molecule has 0 spiro atoms. The third kappa shape index (κ3) is 5.27. The van der Waals surface area contributed by atoms with Gasteiger partial charge in [0.15, 0.2) is 0 Å². The summed E-state index contributed by atoms with van der Waals surface area (Å²) >= 11 is 0. The number of hydrogen-bond acceptors (Lipinski definition) is 7. The summed E-state index contributed by atoms with van der Waals surface area (Å²) in [6.45, 7) is 0. The Kier molecular flexibility index (Phi) is 5.62. The first-order chi connectivity index (χ1) is 15.0. The minimum absolute atomic E-state index is 0.0749. The van der Waals surface area contributed by atoms with Crippen molar-refractivity contribution in [2.45, 2.75) is 0 Å². The van der Waals surface area contributed by atoms with E-state index in [-0.39, 0.29) is 5.56 Å². The number of aromatic nitrogens is 2. The number of carboxylic acids is 1. The first kappa shape index (κ1) is 19.7. The van der Waals surface area contributed by atoms with Gasteiger partial charge in [0.05, 0.1) is 5.56 Å². The van der Waals surface area contributed by atoms with Gasteiger partial charge in [-0.15, -0.1) is 0 Å². The highest BCUT2D eigenvalue weighted by Crippen LogP contribution is 2.27. The molecule has 8 heteroatoms. The molecule has 0 saturated carbocycles. The predicted octanol–water partition coefficient (Wildman–Crippen LogP) is 5.09. The van der Waals surface area contributed by atoms with E-state index in [1.54, 1.807) is 36.4 Å². The lowest BCUT2D eigenvalue weighted by Gasteiger charge is -2.10. The third-order valence-corrected chi connectivity index (χ3v) is 4.14. The van der Waals surface area contributed by atoms with Gasteiger partial charge in [0.25, 0.3) is 0 Å². The molecule has 0 amide bonds. The fourth-order valence-electron chi connectivity index (χ4n) is 2.78. The van der Waals surface area contributed by atoms with E-state index in [0.29, 0.717) is 34.6 Å². The van der Waals surface area contributed by atoms with Crippen LogP contribution in [0, 0.1) is 0 Å². The first-order valence-corrected chi connectivity index (χ1v) is 9.29. The number of nitrogens with one attached hydrogen (secondary N) is 1. The third-order valence-electron chi connectivity index (χ3n) is 4.14. The molecule has 0 atom stereocenters. The second kappa shape index (κ2) is 8.83. The van der Waals surface area contributed by atoms with Crippen molar-refractivity contribution < 1.29 is 19.4 Å². The van der Waals surface area contributed by atoms with Gasteiger partial charge in [-0.3, -0.25) is 0 Å². The van der Waals surface area contributed by atoms with Crippen LogP contribution in [0.25, 0.3) is 0 Å². The Morgan fingerprint density at radius 2 is 1.52 bits per heavy atom. The van der Waals surface area contributed by atoms with Crippen molar-refractivity contribution in [3.63, 3.8) is 0 Å². The van der Waals surface area contributed by atoms with Gasteiger partial charge in [-0.25, -0.2) is 14.8 Å². The molecule has 4 rings (SSSR count). The molecule has 1 aromatic heterocycles. The van der Waals surface area contributed by atoms with Crippen LogP contribution in [0.3, 0.4) is 0 Å². The monoisotopic (exact) mass is 414 g/mol. The second-order valence-electron chi connectivity index (χ2n) is 6.50. The van der Waals surface area contributed by atoms with Gasteiger partial charge in [-0.05, 0) is 54.6 Å². The molecule has 0 aliphatic heterocycles. The van der Waals surface area contributed by atoms with E-state index in [0.717, 1.165) is 5.75 Å². The SMILES string of the molecule is Nc1cc(Nc2cc(Oc3ccc(Oc4ccccc4)cc3)ncn2)cc(C(=O)O)c1. The van der Waals surface area contributed by atoms with Crippen LogP contribution in [0.2, 0.25) is 0 Å². The number of benzene rings is 3. The van der Waals surface area contributed by atoms with Gasteiger partial charge in [-0.2, -0.15) is 0 Å². The molecule has 0 radical (unpaired) electrons. The van der Waals surface area contributed by atoms with Gasteiger partial charge < -0.3 is 25.6 Å². The number of carbonyl (C=O) groups is 1. The van der Waals surface area contributed by atoms with Crippen LogP contribution in [0.5, 0.6) is 23.1 Å². The number of para-hydroxylation sites is 1. The summed E-state index contributed by atoms with van der Waals surface area (Å²) in [5.41, 5.74) is 6.66. The summed E-state index contributed by atoms with van der Waals surface area (Å²) in [5, 5.41) is 12.2. The molecule has 154 valence electrons. The van der Waals surface area contributed by atoms with Crippen molar-refractivity contribution in [1.82, 2.24) is 9.97 Å². The standard InChI is InChI=1S/C23H18N4O4/c24-16-10-15(23(28)29)11-17(12-16)27-21-13-22(26-14-25-21)31-20-8-6-19(7-9-20)30-18-4-2-1-3-5-18/h1-14H,24H2,(H,28,29)(H,25,26,27). The minimum atomic E-state index is -1.07.